The Morgan fingerprint density at radius 3 is 2.28 bits per heavy atom. The number of rotatable bonds is 6. The molecule has 0 fully saturated rings. The second-order valence-corrected chi connectivity index (χ2v) is 8.03. The van der Waals surface area contributed by atoms with Crippen LogP contribution in [0.5, 0.6) is 0 Å². The molecule has 2 aromatic carbocycles. The lowest BCUT2D eigenvalue weighted by molar-refractivity contribution is 0.104. The monoisotopic (exact) mass is 378 g/mol. The Morgan fingerprint density at radius 1 is 1.04 bits per heavy atom. The molecule has 0 aliphatic rings. The van der Waals surface area contributed by atoms with E-state index in [-0.39, 0.29) is 10.7 Å². The molecule has 0 spiro atoms. The van der Waals surface area contributed by atoms with Gasteiger partial charge in [-0.2, -0.15) is 0 Å². The highest BCUT2D eigenvalue weighted by Crippen LogP contribution is 2.24. The number of hydrogen-bond donors (Lipinski definition) is 0. The Kier molecular flexibility index (Phi) is 5.87. The van der Waals surface area contributed by atoms with Gasteiger partial charge in [0, 0.05) is 44.0 Å². The fourth-order valence-electron chi connectivity index (χ4n) is 2.07. The first kappa shape index (κ1) is 19.0. The fourth-order valence-corrected chi connectivity index (χ4v) is 3.38. The molecule has 0 aliphatic heterocycles. The largest absolute Gasteiger partial charge is 0.383 e. The fraction of sp³-hybridized carbons (Fsp3) is 0.167. The van der Waals surface area contributed by atoms with Crippen LogP contribution < -0.4 is 4.31 Å². The molecule has 0 aromatic heterocycles. The van der Waals surface area contributed by atoms with Crippen molar-refractivity contribution in [3.8, 4) is 0 Å². The number of hydrogen-bond acceptors (Lipinski definition) is 4. The van der Waals surface area contributed by atoms with Gasteiger partial charge in [-0.1, -0.05) is 23.7 Å². The molecule has 132 valence electrons. The zero-order valence-corrected chi connectivity index (χ0v) is 15.8. The van der Waals surface area contributed by atoms with Crippen LogP contribution in [0, 0.1) is 0 Å². The maximum atomic E-state index is 12.7. The van der Waals surface area contributed by atoms with Crippen LogP contribution in [0.1, 0.15) is 10.4 Å². The Hall–Kier alpha value is -2.31. The lowest BCUT2D eigenvalue weighted by Gasteiger charge is -2.20. The van der Waals surface area contributed by atoms with Crippen LogP contribution in [0.25, 0.3) is 0 Å². The average molecular weight is 379 g/mol. The predicted octanol–water partition coefficient (Wildman–Crippen LogP) is 3.42. The van der Waals surface area contributed by atoms with Gasteiger partial charge in [-0.15, -0.1) is 0 Å². The number of nitrogens with zero attached hydrogens (tertiary/aromatic N) is 2. The van der Waals surface area contributed by atoms with Gasteiger partial charge in [-0.3, -0.25) is 9.10 Å². The number of carbonyl (C=O) groups excluding carboxylic acids is 1. The number of allylic oxidation sites excluding steroid dienone is 1. The smallest absolute Gasteiger partial charge is 0.264 e. The summed E-state index contributed by atoms with van der Waals surface area (Å²) in [6.45, 7) is 0. The molecule has 2 rings (SSSR count). The zero-order chi connectivity index (χ0) is 18.6. The number of sulfonamides is 1. The maximum absolute atomic E-state index is 12.7. The Morgan fingerprint density at radius 2 is 1.68 bits per heavy atom. The van der Waals surface area contributed by atoms with E-state index in [4.69, 9.17) is 11.6 Å². The van der Waals surface area contributed by atoms with Gasteiger partial charge in [0.25, 0.3) is 10.0 Å². The third kappa shape index (κ3) is 4.61. The van der Waals surface area contributed by atoms with Crippen molar-refractivity contribution in [1.82, 2.24) is 4.90 Å². The van der Waals surface area contributed by atoms with Crippen LogP contribution in [0.15, 0.2) is 65.7 Å². The van der Waals surface area contributed by atoms with E-state index in [1.165, 1.54) is 37.4 Å². The van der Waals surface area contributed by atoms with Crippen molar-refractivity contribution in [3.63, 3.8) is 0 Å². The van der Waals surface area contributed by atoms with Gasteiger partial charge in [0.05, 0.1) is 10.6 Å². The van der Waals surface area contributed by atoms with Crippen LogP contribution in [-0.2, 0) is 10.0 Å². The highest BCUT2D eigenvalue weighted by molar-refractivity contribution is 7.92. The molecule has 2 aromatic rings. The molecule has 0 N–H and O–H groups in total. The molecule has 0 atom stereocenters. The minimum absolute atomic E-state index is 0.128. The van der Waals surface area contributed by atoms with E-state index >= 15 is 0 Å². The Bertz CT molecular complexity index is 891. The molecule has 0 saturated carbocycles. The van der Waals surface area contributed by atoms with Crippen molar-refractivity contribution in [2.24, 2.45) is 0 Å². The van der Waals surface area contributed by atoms with Crippen molar-refractivity contribution < 1.29 is 13.2 Å². The summed E-state index contributed by atoms with van der Waals surface area (Å²) in [6, 6.07) is 12.4. The summed E-state index contributed by atoms with van der Waals surface area (Å²) in [5.41, 5.74) is 0.813. The summed E-state index contributed by atoms with van der Waals surface area (Å²) in [7, 11) is 1.33. The Labute approximate surface area is 153 Å². The molecule has 5 nitrogen and oxygen atoms in total. The third-order valence-corrected chi connectivity index (χ3v) is 5.54. The summed E-state index contributed by atoms with van der Waals surface area (Å²) in [5, 5.41) is 0.460. The molecule has 0 unspecified atom stereocenters. The van der Waals surface area contributed by atoms with E-state index in [1.54, 1.807) is 35.4 Å². The molecular formula is C18H19ClN2O3S. The minimum Gasteiger partial charge on any atom is -0.383 e. The number of carbonyl (C=O) groups is 1. The van der Waals surface area contributed by atoms with Crippen LogP contribution in [0.3, 0.4) is 0 Å². The number of halogens is 1. The highest BCUT2D eigenvalue weighted by atomic mass is 35.5. The van der Waals surface area contributed by atoms with Crippen molar-refractivity contribution in [1.29, 1.82) is 0 Å². The second kappa shape index (κ2) is 7.72. The Balaban J connectivity index is 2.33. The van der Waals surface area contributed by atoms with Crippen LogP contribution in [-0.4, -0.2) is 40.2 Å². The van der Waals surface area contributed by atoms with Gasteiger partial charge in [-0.05, 0) is 36.4 Å². The quantitative estimate of drug-likeness (QED) is 0.571. The average Bonchev–Trinajstić information content (AvgIpc) is 2.59. The normalized spacial score (nSPS) is 11.5. The van der Waals surface area contributed by atoms with E-state index in [0.717, 1.165) is 4.31 Å². The lowest BCUT2D eigenvalue weighted by atomic mass is 10.1. The zero-order valence-electron chi connectivity index (χ0n) is 14.2. The van der Waals surface area contributed by atoms with Crippen molar-refractivity contribution in [2.45, 2.75) is 4.90 Å². The van der Waals surface area contributed by atoms with Gasteiger partial charge in [0.1, 0.15) is 0 Å². The molecular weight excluding hydrogens is 360 g/mol. The summed E-state index contributed by atoms with van der Waals surface area (Å²) in [5.74, 6) is -0.201. The minimum atomic E-state index is -3.74. The van der Waals surface area contributed by atoms with Crippen LogP contribution >= 0.6 is 11.6 Å². The lowest BCUT2D eigenvalue weighted by Crippen LogP contribution is -2.26. The first-order valence-electron chi connectivity index (χ1n) is 7.45. The summed E-state index contributed by atoms with van der Waals surface area (Å²) in [6.07, 6.45) is 3.08. The van der Waals surface area contributed by atoms with E-state index in [1.807, 2.05) is 14.1 Å². The van der Waals surface area contributed by atoms with E-state index < -0.39 is 10.0 Å². The first-order valence-corrected chi connectivity index (χ1v) is 9.27. The predicted molar refractivity (Wildman–Crippen MR) is 101 cm³/mol. The molecule has 0 radical (unpaired) electrons. The topological polar surface area (TPSA) is 57.7 Å². The van der Waals surface area contributed by atoms with Crippen LogP contribution in [0.4, 0.5) is 5.69 Å². The van der Waals surface area contributed by atoms with Gasteiger partial charge < -0.3 is 4.90 Å². The molecule has 0 aliphatic carbocycles. The third-order valence-electron chi connectivity index (χ3n) is 3.49. The molecule has 0 bridgehead atoms. The molecule has 0 heterocycles. The summed E-state index contributed by atoms with van der Waals surface area (Å²) < 4.78 is 26.6. The van der Waals surface area contributed by atoms with Crippen molar-refractivity contribution >= 4 is 33.1 Å². The standard InChI is InChI=1S/C18H19ClN2O3S/c1-20(2)12-11-18(22)14-5-4-6-16(13-14)21(3)25(23,24)17-9-7-15(19)8-10-17/h4-13H,1-3H3/b12-11+. The van der Waals surface area contributed by atoms with E-state index in [9.17, 15) is 13.2 Å². The van der Waals surface area contributed by atoms with Crippen molar-refractivity contribution in [3.05, 3.63) is 71.4 Å². The van der Waals surface area contributed by atoms with Gasteiger partial charge in [-0.25, -0.2) is 8.42 Å². The molecule has 25 heavy (non-hydrogen) atoms. The second-order valence-electron chi connectivity index (χ2n) is 5.62. The maximum Gasteiger partial charge on any atom is 0.264 e. The van der Waals surface area contributed by atoms with Gasteiger partial charge in [0.15, 0.2) is 5.78 Å². The van der Waals surface area contributed by atoms with E-state index in [0.29, 0.717) is 16.3 Å². The highest BCUT2D eigenvalue weighted by Gasteiger charge is 2.21. The molecule has 0 saturated heterocycles. The number of anilines is 1. The first-order chi connectivity index (χ1) is 11.7. The van der Waals surface area contributed by atoms with Gasteiger partial charge >= 0.3 is 0 Å². The molecule has 7 heteroatoms. The summed E-state index contributed by atoms with van der Waals surface area (Å²) >= 11 is 5.81. The van der Waals surface area contributed by atoms with E-state index in [2.05, 4.69) is 0 Å². The van der Waals surface area contributed by atoms with Crippen molar-refractivity contribution in [2.75, 3.05) is 25.4 Å². The van der Waals surface area contributed by atoms with Gasteiger partial charge in [0.2, 0.25) is 0 Å². The number of benzene rings is 2. The SMILES string of the molecule is CN(C)/C=C/C(=O)c1cccc(N(C)S(=O)(=O)c2ccc(Cl)cc2)c1. The molecule has 0 amide bonds. The van der Waals surface area contributed by atoms with Crippen LogP contribution in [0.2, 0.25) is 5.02 Å². The number of ketones is 1. The summed E-state index contributed by atoms with van der Waals surface area (Å²) in [4.78, 5) is 14.1.